The molecule has 6 nitrogen and oxygen atoms in total. The Labute approximate surface area is 190 Å². The molecule has 0 amide bonds. The van der Waals surface area contributed by atoms with Crippen LogP contribution in [0, 0.1) is 0 Å². The molecule has 0 spiro atoms. The predicted molar refractivity (Wildman–Crippen MR) is 122 cm³/mol. The van der Waals surface area contributed by atoms with E-state index >= 15 is 0 Å². The maximum Gasteiger partial charge on any atom is 0.467 e. The average Bonchev–Trinajstić information content (AvgIpc) is 2.68. The van der Waals surface area contributed by atoms with Crippen molar-refractivity contribution < 1.29 is 29.1 Å². The van der Waals surface area contributed by atoms with E-state index in [0.717, 1.165) is 16.7 Å². The van der Waals surface area contributed by atoms with Gasteiger partial charge in [-0.2, -0.15) is 0 Å². The Bertz CT molecular complexity index is 922. The summed E-state index contributed by atoms with van der Waals surface area (Å²) in [4.78, 5) is 44.0. The zero-order chi connectivity index (χ0) is 24.3. The van der Waals surface area contributed by atoms with Gasteiger partial charge in [0.25, 0.3) is 0 Å². The number of carbonyl (C=O) groups is 2. The molecule has 2 rings (SSSR count). The quantitative estimate of drug-likeness (QED) is 0.331. The minimum absolute atomic E-state index is 0.0895. The molecule has 0 N–H and O–H groups in total. The topological polar surface area (TPSA) is 71.1 Å². The first kappa shape index (κ1) is 25.2. The van der Waals surface area contributed by atoms with Gasteiger partial charge >= 0.3 is 11.9 Å². The van der Waals surface area contributed by atoms with Gasteiger partial charge in [0.15, 0.2) is 11.5 Å². The maximum absolute atomic E-state index is 12.2. The zero-order valence-electron chi connectivity index (χ0n) is 20.5. The molecule has 0 aromatic heterocycles. The van der Waals surface area contributed by atoms with Gasteiger partial charge in [-0.15, -0.1) is 0 Å². The highest BCUT2D eigenvalue weighted by molar-refractivity contribution is 6.29. The maximum atomic E-state index is 12.2. The van der Waals surface area contributed by atoms with Gasteiger partial charge < -0.3 is 0 Å². The van der Waals surface area contributed by atoms with Gasteiger partial charge in [0.2, 0.25) is 0 Å². The first-order valence-electron chi connectivity index (χ1n) is 10.6. The van der Waals surface area contributed by atoms with Crippen molar-refractivity contribution in [3.63, 3.8) is 0 Å². The van der Waals surface area contributed by atoms with Crippen LogP contribution in [0.1, 0.15) is 79.0 Å². The van der Waals surface area contributed by atoms with Gasteiger partial charge in [-0.25, -0.2) is 19.4 Å². The Morgan fingerprint density at radius 3 is 1.47 bits per heavy atom. The third kappa shape index (κ3) is 6.49. The van der Waals surface area contributed by atoms with Crippen LogP contribution in [0.3, 0.4) is 0 Å². The monoisotopic (exact) mass is 442 g/mol. The third-order valence-corrected chi connectivity index (χ3v) is 4.90. The third-order valence-electron chi connectivity index (χ3n) is 4.90. The van der Waals surface area contributed by atoms with Crippen molar-refractivity contribution >= 4 is 11.9 Å². The van der Waals surface area contributed by atoms with Gasteiger partial charge in [-0.1, -0.05) is 92.6 Å². The molecule has 2 aromatic rings. The predicted octanol–water partition coefficient (Wildman–Crippen LogP) is 5.95. The fraction of sp³-hybridized carbons (Fsp3) is 0.462. The number of hydrogen-bond donors (Lipinski definition) is 0. The molecular formula is C26H34O6. The van der Waals surface area contributed by atoms with Crippen molar-refractivity contribution in [1.82, 2.24) is 0 Å². The van der Waals surface area contributed by atoms with Crippen LogP contribution in [-0.4, -0.2) is 11.9 Å². The number of carbonyl (C=O) groups excluding carboxylic acids is 2. The standard InChI is InChI=1S/C26H34O6/c1-24(2,3)17-15-19(25(4,5)6)21(20(16-17)26(7,8)9)30-32-23(28)22(27)31-29-18-13-11-10-12-14-18/h10-16H,1-9H3. The van der Waals surface area contributed by atoms with Crippen LogP contribution in [0.25, 0.3) is 0 Å². The van der Waals surface area contributed by atoms with Gasteiger partial charge in [0.05, 0.1) is 0 Å². The second kappa shape index (κ2) is 9.23. The molecule has 6 heteroatoms. The Morgan fingerprint density at radius 2 is 1.06 bits per heavy atom. The van der Waals surface area contributed by atoms with Crippen molar-refractivity contribution in [1.29, 1.82) is 0 Å². The van der Waals surface area contributed by atoms with Crippen molar-refractivity contribution in [2.24, 2.45) is 0 Å². The summed E-state index contributed by atoms with van der Waals surface area (Å²) in [6.07, 6.45) is 0. The fourth-order valence-corrected chi connectivity index (χ4v) is 2.98. The van der Waals surface area contributed by atoms with E-state index in [0.29, 0.717) is 5.75 Å². The Hall–Kier alpha value is -3.02. The lowest BCUT2D eigenvalue weighted by atomic mass is 9.75. The Balaban J connectivity index is 2.31. The molecule has 0 saturated carbocycles. The van der Waals surface area contributed by atoms with E-state index in [2.05, 4.69) is 79.3 Å². The molecule has 0 radical (unpaired) electrons. The van der Waals surface area contributed by atoms with Crippen LogP contribution in [0.5, 0.6) is 11.5 Å². The summed E-state index contributed by atoms with van der Waals surface area (Å²) in [5.74, 6) is -1.95. The molecule has 0 bridgehead atoms. The number of benzene rings is 2. The number of para-hydroxylation sites is 1. The SMILES string of the molecule is CC(C)(C)c1cc(C(C)(C)C)c(OOC(=O)C(=O)OOc2ccccc2)c(C(C)(C)C)c1. The van der Waals surface area contributed by atoms with E-state index in [9.17, 15) is 9.59 Å². The van der Waals surface area contributed by atoms with E-state index in [4.69, 9.17) is 14.7 Å². The first-order valence-corrected chi connectivity index (χ1v) is 10.6. The summed E-state index contributed by atoms with van der Waals surface area (Å²) in [7, 11) is 0. The lowest BCUT2D eigenvalue weighted by Crippen LogP contribution is -2.26. The van der Waals surface area contributed by atoms with Crippen LogP contribution in [0.2, 0.25) is 0 Å². The van der Waals surface area contributed by atoms with E-state index in [1.165, 1.54) is 0 Å². The largest absolute Gasteiger partial charge is 0.467 e. The highest BCUT2D eigenvalue weighted by atomic mass is 17.2. The van der Waals surface area contributed by atoms with E-state index in [-0.39, 0.29) is 22.0 Å². The highest BCUT2D eigenvalue weighted by Gasteiger charge is 2.32. The normalized spacial score (nSPS) is 12.2. The minimum atomic E-state index is -1.32. The fourth-order valence-electron chi connectivity index (χ4n) is 2.98. The smallest absolute Gasteiger partial charge is 0.286 e. The summed E-state index contributed by atoms with van der Waals surface area (Å²) in [5.41, 5.74) is 2.18. The molecular weight excluding hydrogens is 408 g/mol. The lowest BCUT2D eigenvalue weighted by Gasteiger charge is -2.31. The summed E-state index contributed by atoms with van der Waals surface area (Å²) in [5, 5.41) is 0. The first-order chi connectivity index (χ1) is 14.6. The van der Waals surface area contributed by atoms with Gasteiger partial charge in [-0.3, -0.25) is 9.78 Å². The molecule has 32 heavy (non-hydrogen) atoms. The summed E-state index contributed by atoms with van der Waals surface area (Å²) < 4.78 is 0. The molecule has 0 unspecified atom stereocenters. The summed E-state index contributed by atoms with van der Waals surface area (Å²) in [6.45, 7) is 18.8. The minimum Gasteiger partial charge on any atom is -0.286 e. The van der Waals surface area contributed by atoms with Crippen molar-refractivity contribution in [2.75, 3.05) is 0 Å². The van der Waals surface area contributed by atoms with E-state index in [1.807, 2.05) is 0 Å². The number of rotatable bonds is 4. The molecule has 0 aliphatic rings. The second-order valence-electron chi connectivity index (χ2n) is 10.9. The van der Waals surface area contributed by atoms with Crippen molar-refractivity contribution in [3.8, 4) is 11.5 Å². The lowest BCUT2D eigenvalue weighted by molar-refractivity contribution is -0.242. The van der Waals surface area contributed by atoms with Crippen LogP contribution in [0.15, 0.2) is 42.5 Å². The number of hydrogen-bond acceptors (Lipinski definition) is 6. The highest BCUT2D eigenvalue weighted by Crippen LogP contribution is 2.43. The molecule has 0 aliphatic carbocycles. The van der Waals surface area contributed by atoms with Gasteiger partial charge in [0, 0.05) is 11.1 Å². The zero-order valence-corrected chi connectivity index (χ0v) is 20.5. The van der Waals surface area contributed by atoms with Crippen molar-refractivity contribution in [3.05, 3.63) is 59.2 Å². The molecule has 2 aromatic carbocycles. The summed E-state index contributed by atoms with van der Waals surface area (Å²) >= 11 is 0. The van der Waals surface area contributed by atoms with Crippen LogP contribution < -0.4 is 9.78 Å². The summed E-state index contributed by atoms with van der Waals surface area (Å²) in [6, 6.07) is 12.5. The molecule has 174 valence electrons. The Morgan fingerprint density at radius 1 is 0.625 bits per heavy atom. The van der Waals surface area contributed by atoms with Crippen LogP contribution in [-0.2, 0) is 35.6 Å². The molecule has 0 atom stereocenters. The van der Waals surface area contributed by atoms with Gasteiger partial charge in [-0.05, 0) is 33.9 Å². The van der Waals surface area contributed by atoms with Crippen molar-refractivity contribution in [2.45, 2.75) is 78.6 Å². The van der Waals surface area contributed by atoms with Crippen LogP contribution in [0.4, 0.5) is 0 Å². The Kier molecular flexibility index (Phi) is 7.28. The molecule has 0 saturated heterocycles. The molecule has 0 fully saturated rings. The van der Waals surface area contributed by atoms with Crippen LogP contribution >= 0.6 is 0 Å². The molecule has 0 heterocycles. The van der Waals surface area contributed by atoms with E-state index in [1.54, 1.807) is 30.3 Å². The second-order valence-corrected chi connectivity index (χ2v) is 10.9. The average molecular weight is 443 g/mol. The van der Waals surface area contributed by atoms with E-state index < -0.39 is 11.9 Å². The van der Waals surface area contributed by atoms with Gasteiger partial charge in [0.1, 0.15) is 0 Å². The molecule has 0 aliphatic heterocycles.